The molecule has 4 heteroatoms. The molecule has 3 nitrogen and oxygen atoms in total. The Kier molecular flexibility index (Phi) is 4.68. The fourth-order valence-corrected chi connectivity index (χ4v) is 2.13. The molecule has 2 aromatic rings. The van der Waals surface area contributed by atoms with Crippen LogP contribution < -0.4 is 5.32 Å². The molecule has 0 aliphatic rings. The summed E-state index contributed by atoms with van der Waals surface area (Å²) in [5.41, 5.74) is 0.691. The van der Waals surface area contributed by atoms with Crippen LogP contribution in [0.2, 0.25) is 0 Å². The van der Waals surface area contributed by atoms with Crippen LogP contribution in [-0.4, -0.2) is 9.55 Å². The van der Waals surface area contributed by atoms with Gasteiger partial charge in [0.2, 0.25) is 0 Å². The van der Waals surface area contributed by atoms with Crippen LogP contribution in [0.15, 0.2) is 36.7 Å². The molecule has 1 N–H and O–H groups in total. The third kappa shape index (κ3) is 3.41. The van der Waals surface area contributed by atoms with Gasteiger partial charge in [-0.1, -0.05) is 25.1 Å². The summed E-state index contributed by atoms with van der Waals surface area (Å²) in [4.78, 5) is 4.33. The largest absolute Gasteiger partial charge is 0.334 e. The lowest BCUT2D eigenvalue weighted by Crippen LogP contribution is -2.21. The SMILES string of the molecule is CCCn1ccnc1CN[C@H](C)c1ccccc1F. The Hall–Kier alpha value is -1.68. The van der Waals surface area contributed by atoms with Gasteiger partial charge in [0, 0.05) is 30.5 Å². The highest BCUT2D eigenvalue weighted by molar-refractivity contribution is 5.20. The maximum atomic E-state index is 13.6. The van der Waals surface area contributed by atoms with Crippen molar-refractivity contribution < 1.29 is 4.39 Å². The van der Waals surface area contributed by atoms with Gasteiger partial charge in [-0.05, 0) is 19.4 Å². The number of aromatic nitrogens is 2. The Labute approximate surface area is 113 Å². The van der Waals surface area contributed by atoms with Crippen molar-refractivity contribution in [2.24, 2.45) is 0 Å². The first-order valence-corrected chi connectivity index (χ1v) is 6.70. The fourth-order valence-electron chi connectivity index (χ4n) is 2.13. The van der Waals surface area contributed by atoms with Crippen molar-refractivity contribution in [1.29, 1.82) is 0 Å². The third-order valence-electron chi connectivity index (χ3n) is 3.20. The second-order valence-corrected chi connectivity index (χ2v) is 4.66. The number of rotatable bonds is 6. The summed E-state index contributed by atoms with van der Waals surface area (Å²) in [6.07, 6.45) is 4.86. The van der Waals surface area contributed by atoms with Crippen LogP contribution in [0.3, 0.4) is 0 Å². The lowest BCUT2D eigenvalue weighted by atomic mass is 10.1. The average molecular weight is 261 g/mol. The van der Waals surface area contributed by atoms with Gasteiger partial charge in [0.05, 0.1) is 6.54 Å². The van der Waals surface area contributed by atoms with Crippen LogP contribution in [0.5, 0.6) is 0 Å². The van der Waals surface area contributed by atoms with Gasteiger partial charge in [-0.2, -0.15) is 0 Å². The van der Waals surface area contributed by atoms with Gasteiger partial charge in [-0.15, -0.1) is 0 Å². The van der Waals surface area contributed by atoms with E-state index in [1.165, 1.54) is 6.07 Å². The summed E-state index contributed by atoms with van der Waals surface area (Å²) in [5, 5.41) is 3.32. The average Bonchev–Trinajstić information content (AvgIpc) is 2.84. The van der Waals surface area contributed by atoms with E-state index < -0.39 is 0 Å². The number of nitrogens with zero attached hydrogens (tertiary/aromatic N) is 2. The first-order valence-electron chi connectivity index (χ1n) is 6.70. The van der Waals surface area contributed by atoms with Crippen LogP contribution in [0.25, 0.3) is 0 Å². The smallest absolute Gasteiger partial charge is 0.127 e. The van der Waals surface area contributed by atoms with Crippen molar-refractivity contribution in [2.75, 3.05) is 0 Å². The van der Waals surface area contributed by atoms with Crippen molar-refractivity contribution in [3.05, 3.63) is 53.9 Å². The molecule has 19 heavy (non-hydrogen) atoms. The van der Waals surface area contributed by atoms with Gasteiger partial charge in [0.1, 0.15) is 11.6 Å². The molecule has 2 rings (SSSR count). The lowest BCUT2D eigenvalue weighted by molar-refractivity contribution is 0.506. The van der Waals surface area contributed by atoms with Gasteiger partial charge in [0.25, 0.3) is 0 Å². The van der Waals surface area contributed by atoms with Crippen LogP contribution >= 0.6 is 0 Å². The van der Waals surface area contributed by atoms with E-state index in [0.29, 0.717) is 12.1 Å². The van der Waals surface area contributed by atoms with E-state index in [1.807, 2.05) is 25.3 Å². The van der Waals surface area contributed by atoms with E-state index in [1.54, 1.807) is 12.3 Å². The first kappa shape index (κ1) is 13.7. The monoisotopic (exact) mass is 261 g/mol. The molecule has 0 spiro atoms. The number of aryl methyl sites for hydroxylation is 1. The molecule has 0 saturated heterocycles. The van der Waals surface area contributed by atoms with Crippen LogP contribution in [0.1, 0.15) is 37.7 Å². The Morgan fingerprint density at radius 2 is 2.16 bits per heavy atom. The molecule has 0 unspecified atom stereocenters. The molecule has 102 valence electrons. The zero-order chi connectivity index (χ0) is 13.7. The topological polar surface area (TPSA) is 29.9 Å². The van der Waals surface area contributed by atoms with Crippen molar-refractivity contribution in [3.63, 3.8) is 0 Å². The molecule has 0 bridgehead atoms. The van der Waals surface area contributed by atoms with E-state index in [9.17, 15) is 4.39 Å². The molecule has 1 aromatic carbocycles. The van der Waals surface area contributed by atoms with Crippen molar-refractivity contribution in [1.82, 2.24) is 14.9 Å². The van der Waals surface area contributed by atoms with Crippen LogP contribution in [0, 0.1) is 5.82 Å². The standard InChI is InChI=1S/C15H20FN3/c1-3-9-19-10-8-17-15(19)11-18-12(2)13-6-4-5-7-14(13)16/h4-8,10,12,18H,3,9,11H2,1-2H3/t12-/m1/s1. The molecule has 1 heterocycles. The molecule has 0 saturated carbocycles. The minimum Gasteiger partial charge on any atom is -0.334 e. The second-order valence-electron chi connectivity index (χ2n) is 4.66. The summed E-state index contributed by atoms with van der Waals surface area (Å²) in [6.45, 7) is 5.71. The zero-order valence-electron chi connectivity index (χ0n) is 11.4. The van der Waals surface area contributed by atoms with E-state index in [2.05, 4.69) is 21.8 Å². The summed E-state index contributed by atoms with van der Waals surface area (Å²) < 4.78 is 15.8. The number of benzene rings is 1. The highest BCUT2D eigenvalue weighted by Crippen LogP contribution is 2.16. The van der Waals surface area contributed by atoms with Crippen molar-refractivity contribution >= 4 is 0 Å². The van der Waals surface area contributed by atoms with Crippen molar-refractivity contribution in [2.45, 2.75) is 39.4 Å². The Morgan fingerprint density at radius 1 is 1.37 bits per heavy atom. The number of halogens is 1. The molecule has 0 radical (unpaired) electrons. The normalized spacial score (nSPS) is 12.6. The minimum atomic E-state index is -0.167. The minimum absolute atomic E-state index is 0.0343. The van der Waals surface area contributed by atoms with E-state index in [4.69, 9.17) is 0 Å². The number of hydrogen-bond acceptors (Lipinski definition) is 2. The molecule has 0 aliphatic carbocycles. The molecular weight excluding hydrogens is 241 g/mol. The van der Waals surface area contributed by atoms with Gasteiger partial charge in [-0.25, -0.2) is 9.37 Å². The quantitative estimate of drug-likeness (QED) is 0.864. The fraction of sp³-hybridized carbons (Fsp3) is 0.400. The van der Waals surface area contributed by atoms with Gasteiger partial charge < -0.3 is 9.88 Å². The zero-order valence-corrected chi connectivity index (χ0v) is 11.4. The maximum Gasteiger partial charge on any atom is 0.127 e. The number of nitrogens with one attached hydrogen (secondary N) is 1. The highest BCUT2D eigenvalue weighted by Gasteiger charge is 2.10. The van der Waals surface area contributed by atoms with E-state index in [-0.39, 0.29) is 11.9 Å². The summed E-state index contributed by atoms with van der Waals surface area (Å²) >= 11 is 0. The van der Waals surface area contributed by atoms with Crippen molar-refractivity contribution in [3.8, 4) is 0 Å². The van der Waals surface area contributed by atoms with E-state index >= 15 is 0 Å². The van der Waals surface area contributed by atoms with Gasteiger partial charge in [-0.3, -0.25) is 0 Å². The summed E-state index contributed by atoms with van der Waals surface area (Å²) in [7, 11) is 0. The first-order chi connectivity index (χ1) is 9.22. The Bertz CT molecular complexity index is 522. The molecule has 1 aromatic heterocycles. The summed E-state index contributed by atoms with van der Waals surface area (Å²) in [6, 6.07) is 6.83. The number of imidazole rings is 1. The Morgan fingerprint density at radius 3 is 2.89 bits per heavy atom. The predicted octanol–water partition coefficient (Wildman–Crippen LogP) is 3.28. The van der Waals surface area contributed by atoms with E-state index in [0.717, 1.165) is 18.8 Å². The second kappa shape index (κ2) is 6.48. The maximum absolute atomic E-state index is 13.6. The predicted molar refractivity (Wildman–Crippen MR) is 74.2 cm³/mol. The molecule has 0 amide bonds. The van der Waals surface area contributed by atoms with Crippen LogP contribution in [-0.2, 0) is 13.1 Å². The lowest BCUT2D eigenvalue weighted by Gasteiger charge is -2.15. The number of hydrogen-bond donors (Lipinski definition) is 1. The van der Waals surface area contributed by atoms with Gasteiger partial charge >= 0.3 is 0 Å². The molecule has 1 atom stereocenters. The van der Waals surface area contributed by atoms with Crippen LogP contribution in [0.4, 0.5) is 4.39 Å². The molecule has 0 aliphatic heterocycles. The Balaban J connectivity index is 1.98. The third-order valence-corrected chi connectivity index (χ3v) is 3.20. The van der Waals surface area contributed by atoms with Gasteiger partial charge in [0.15, 0.2) is 0 Å². The molecular formula is C15H20FN3. The molecule has 0 fully saturated rings. The highest BCUT2D eigenvalue weighted by atomic mass is 19.1. The summed E-state index contributed by atoms with van der Waals surface area (Å²) in [5.74, 6) is 0.824.